The van der Waals surface area contributed by atoms with Crippen molar-refractivity contribution in [1.29, 1.82) is 0 Å². The fourth-order valence-corrected chi connectivity index (χ4v) is 5.73. The van der Waals surface area contributed by atoms with Crippen LogP contribution in [0.3, 0.4) is 0 Å². The number of benzene rings is 3. The number of anilines is 1. The molecule has 4 rings (SSSR count). The van der Waals surface area contributed by atoms with Crippen LogP contribution in [0.25, 0.3) is 10.2 Å². The third-order valence-corrected chi connectivity index (χ3v) is 7.56. The molecular formula is C24H23N3O3S2. The van der Waals surface area contributed by atoms with Gasteiger partial charge >= 0.3 is 0 Å². The van der Waals surface area contributed by atoms with E-state index in [9.17, 15) is 13.2 Å². The average molecular weight is 466 g/mol. The van der Waals surface area contributed by atoms with E-state index in [0.717, 1.165) is 16.6 Å². The predicted octanol–water partition coefficient (Wildman–Crippen LogP) is 4.83. The van der Waals surface area contributed by atoms with E-state index in [1.165, 1.54) is 29.0 Å². The molecule has 0 atom stereocenters. The number of thiazole rings is 1. The van der Waals surface area contributed by atoms with Crippen LogP contribution in [0.15, 0.2) is 82.7 Å². The first kappa shape index (κ1) is 22.0. The number of amides is 1. The summed E-state index contributed by atoms with van der Waals surface area (Å²) in [4.78, 5) is 18.0. The largest absolute Gasteiger partial charge is 0.316 e. The van der Waals surface area contributed by atoms with Crippen molar-refractivity contribution in [3.05, 3.63) is 88.7 Å². The fraction of sp³-hybridized carbons (Fsp3) is 0.167. The Morgan fingerprint density at radius 1 is 0.969 bits per heavy atom. The second-order valence-electron chi connectivity index (χ2n) is 7.16. The zero-order valence-corrected chi connectivity index (χ0v) is 19.4. The van der Waals surface area contributed by atoms with Gasteiger partial charge < -0.3 is 4.57 Å². The van der Waals surface area contributed by atoms with Gasteiger partial charge in [0.15, 0.2) is 4.80 Å². The number of fused-ring (bicyclic) bond motifs is 1. The second kappa shape index (κ2) is 9.10. The van der Waals surface area contributed by atoms with Gasteiger partial charge in [-0.1, -0.05) is 48.6 Å². The monoisotopic (exact) mass is 465 g/mol. The van der Waals surface area contributed by atoms with E-state index in [0.29, 0.717) is 22.6 Å². The number of carbonyl (C=O) groups excluding carboxylic acids is 1. The Hall–Kier alpha value is -3.23. The minimum absolute atomic E-state index is 0.176. The Morgan fingerprint density at radius 3 is 2.34 bits per heavy atom. The zero-order valence-electron chi connectivity index (χ0n) is 17.8. The van der Waals surface area contributed by atoms with E-state index in [4.69, 9.17) is 0 Å². The molecule has 0 bridgehead atoms. The van der Waals surface area contributed by atoms with Crippen LogP contribution >= 0.6 is 11.3 Å². The van der Waals surface area contributed by atoms with Crippen molar-refractivity contribution in [2.45, 2.75) is 31.7 Å². The number of sulfonamides is 1. The number of hydrogen-bond acceptors (Lipinski definition) is 4. The lowest BCUT2D eigenvalue weighted by Crippen LogP contribution is -2.16. The molecule has 164 valence electrons. The van der Waals surface area contributed by atoms with Crippen molar-refractivity contribution < 1.29 is 13.2 Å². The van der Waals surface area contributed by atoms with E-state index < -0.39 is 10.0 Å². The number of nitrogens with zero attached hydrogens (tertiary/aromatic N) is 2. The summed E-state index contributed by atoms with van der Waals surface area (Å²) in [5, 5.41) is 0. The van der Waals surface area contributed by atoms with Crippen LogP contribution in [0.4, 0.5) is 5.69 Å². The molecule has 0 aliphatic heterocycles. The molecule has 0 aliphatic carbocycles. The van der Waals surface area contributed by atoms with Crippen molar-refractivity contribution >= 4 is 43.2 Å². The SMILES string of the molecule is CCc1cccc2sc(=NC(=O)c3ccc(NS(=O)(=O)c4ccccc4)cc3)n(CC)c12. The maximum absolute atomic E-state index is 12.8. The third-order valence-electron chi connectivity index (χ3n) is 5.12. The van der Waals surface area contributed by atoms with E-state index in [-0.39, 0.29) is 10.8 Å². The Morgan fingerprint density at radius 2 is 1.69 bits per heavy atom. The standard InChI is InChI=1S/C24H23N3O3S2/c1-3-17-9-8-12-21-22(17)27(4-2)24(31-21)25-23(28)18-13-15-19(16-14-18)26-32(29,30)20-10-6-5-7-11-20/h5-16,26H,3-4H2,1-2H3. The normalized spacial score (nSPS) is 12.2. The molecule has 1 amide bonds. The molecule has 0 saturated carbocycles. The van der Waals surface area contributed by atoms with Gasteiger partial charge in [-0.2, -0.15) is 4.99 Å². The molecule has 6 nitrogen and oxygen atoms in total. The molecule has 8 heteroatoms. The van der Waals surface area contributed by atoms with E-state index in [1.54, 1.807) is 42.5 Å². The molecule has 3 aromatic carbocycles. The summed E-state index contributed by atoms with van der Waals surface area (Å²) in [6, 6.07) is 20.6. The number of rotatable bonds is 6. The van der Waals surface area contributed by atoms with Gasteiger partial charge in [0.1, 0.15) is 0 Å². The van der Waals surface area contributed by atoms with Crippen LogP contribution in [0.1, 0.15) is 29.8 Å². The molecule has 0 aliphatic rings. The van der Waals surface area contributed by atoms with Gasteiger partial charge in [-0.05, 0) is 61.4 Å². The molecule has 0 spiro atoms. The molecule has 32 heavy (non-hydrogen) atoms. The van der Waals surface area contributed by atoms with Crippen molar-refractivity contribution in [3.63, 3.8) is 0 Å². The van der Waals surface area contributed by atoms with Gasteiger partial charge in [-0.15, -0.1) is 0 Å². The molecular weight excluding hydrogens is 442 g/mol. The van der Waals surface area contributed by atoms with Gasteiger partial charge in [-0.3, -0.25) is 9.52 Å². The highest BCUT2D eigenvalue weighted by molar-refractivity contribution is 7.92. The Bertz CT molecular complexity index is 1440. The summed E-state index contributed by atoms with van der Waals surface area (Å²) in [7, 11) is -3.69. The predicted molar refractivity (Wildman–Crippen MR) is 128 cm³/mol. The zero-order chi connectivity index (χ0) is 22.7. The molecule has 1 heterocycles. The summed E-state index contributed by atoms with van der Waals surface area (Å²) in [5.74, 6) is -0.366. The highest BCUT2D eigenvalue weighted by atomic mass is 32.2. The molecule has 1 aromatic heterocycles. The Kier molecular flexibility index (Phi) is 6.25. The molecule has 0 unspecified atom stereocenters. The minimum Gasteiger partial charge on any atom is -0.316 e. The molecule has 0 radical (unpaired) electrons. The van der Waals surface area contributed by atoms with Gasteiger partial charge in [0, 0.05) is 17.8 Å². The Labute approximate surface area is 190 Å². The highest BCUT2D eigenvalue weighted by Gasteiger charge is 2.14. The first-order valence-electron chi connectivity index (χ1n) is 10.3. The lowest BCUT2D eigenvalue weighted by molar-refractivity contribution is 0.0998. The number of aromatic nitrogens is 1. The van der Waals surface area contributed by atoms with Gasteiger partial charge in [0.25, 0.3) is 15.9 Å². The first-order chi connectivity index (χ1) is 15.4. The van der Waals surface area contributed by atoms with Crippen LogP contribution in [0.2, 0.25) is 0 Å². The highest BCUT2D eigenvalue weighted by Crippen LogP contribution is 2.22. The van der Waals surface area contributed by atoms with Crippen LogP contribution in [0, 0.1) is 0 Å². The average Bonchev–Trinajstić information content (AvgIpc) is 3.17. The number of para-hydroxylation sites is 1. The summed E-state index contributed by atoms with van der Waals surface area (Å²) in [6.07, 6.45) is 0.905. The van der Waals surface area contributed by atoms with E-state index in [2.05, 4.69) is 27.3 Å². The minimum atomic E-state index is -3.69. The molecule has 0 fully saturated rings. The Balaban J connectivity index is 1.62. The van der Waals surface area contributed by atoms with Gasteiger partial charge in [-0.25, -0.2) is 8.42 Å². The van der Waals surface area contributed by atoms with Crippen LogP contribution in [-0.2, 0) is 23.0 Å². The maximum atomic E-state index is 12.8. The fourth-order valence-electron chi connectivity index (χ4n) is 3.51. The van der Waals surface area contributed by atoms with Crippen LogP contribution in [0.5, 0.6) is 0 Å². The van der Waals surface area contributed by atoms with E-state index in [1.807, 2.05) is 19.1 Å². The molecule has 4 aromatic rings. The summed E-state index contributed by atoms with van der Waals surface area (Å²) < 4.78 is 30.6. The number of carbonyl (C=O) groups is 1. The number of nitrogens with one attached hydrogen (secondary N) is 1. The summed E-state index contributed by atoms with van der Waals surface area (Å²) in [5.41, 5.74) is 3.12. The lowest BCUT2D eigenvalue weighted by Gasteiger charge is -2.08. The van der Waals surface area contributed by atoms with E-state index >= 15 is 0 Å². The first-order valence-corrected chi connectivity index (χ1v) is 12.6. The van der Waals surface area contributed by atoms with Crippen molar-refractivity contribution in [3.8, 4) is 0 Å². The third kappa shape index (κ3) is 4.37. The van der Waals surface area contributed by atoms with Gasteiger partial charge in [0.2, 0.25) is 0 Å². The number of hydrogen-bond donors (Lipinski definition) is 1. The molecule has 0 saturated heterocycles. The molecule has 1 N–H and O–H groups in total. The van der Waals surface area contributed by atoms with Crippen molar-refractivity contribution in [1.82, 2.24) is 4.57 Å². The van der Waals surface area contributed by atoms with Crippen LogP contribution < -0.4 is 9.52 Å². The quantitative estimate of drug-likeness (QED) is 0.443. The van der Waals surface area contributed by atoms with Crippen molar-refractivity contribution in [2.24, 2.45) is 4.99 Å². The van der Waals surface area contributed by atoms with Crippen molar-refractivity contribution in [2.75, 3.05) is 4.72 Å². The smallest absolute Gasteiger partial charge is 0.279 e. The topological polar surface area (TPSA) is 80.5 Å². The maximum Gasteiger partial charge on any atom is 0.279 e. The lowest BCUT2D eigenvalue weighted by atomic mass is 10.1. The van der Waals surface area contributed by atoms with Crippen LogP contribution in [-0.4, -0.2) is 18.9 Å². The second-order valence-corrected chi connectivity index (χ2v) is 9.85. The summed E-state index contributed by atoms with van der Waals surface area (Å²) in [6.45, 7) is 4.86. The summed E-state index contributed by atoms with van der Waals surface area (Å²) >= 11 is 1.49. The number of aryl methyl sites for hydroxylation is 2. The van der Waals surface area contributed by atoms with Gasteiger partial charge in [0.05, 0.1) is 15.1 Å².